The van der Waals surface area contributed by atoms with Crippen LogP contribution in [-0.4, -0.2) is 33.4 Å². The summed E-state index contributed by atoms with van der Waals surface area (Å²) in [4.78, 5) is 13.5. The summed E-state index contributed by atoms with van der Waals surface area (Å²) < 4.78 is 41.7. The van der Waals surface area contributed by atoms with Crippen molar-refractivity contribution in [2.24, 2.45) is 10.8 Å². The standard InChI is InChI=1S/C11H12N4O5S2/c1-14-8-7-12-11(14)21(2,18)13-22(19,20)10-5-3-9(4-6-10)15(16)17/h3-8H,1-2H3. The van der Waals surface area contributed by atoms with Crippen LogP contribution >= 0.6 is 0 Å². The Morgan fingerprint density at radius 2 is 1.82 bits per heavy atom. The Kier molecular flexibility index (Phi) is 4.02. The van der Waals surface area contributed by atoms with Gasteiger partial charge < -0.3 is 4.57 Å². The Bertz CT molecular complexity index is 937. The molecule has 0 bridgehead atoms. The predicted molar refractivity (Wildman–Crippen MR) is 78.3 cm³/mol. The van der Waals surface area contributed by atoms with Crippen LogP contribution < -0.4 is 0 Å². The fourth-order valence-corrected chi connectivity index (χ4v) is 5.16. The maximum atomic E-state index is 12.5. The average Bonchev–Trinajstić information content (AvgIpc) is 2.85. The first kappa shape index (κ1) is 16.1. The van der Waals surface area contributed by atoms with E-state index in [0.717, 1.165) is 30.5 Å². The highest BCUT2D eigenvalue weighted by Gasteiger charge is 2.20. The zero-order valence-electron chi connectivity index (χ0n) is 11.6. The van der Waals surface area contributed by atoms with E-state index in [1.807, 2.05) is 0 Å². The van der Waals surface area contributed by atoms with E-state index < -0.39 is 24.7 Å². The molecule has 0 saturated heterocycles. The molecule has 0 aliphatic carbocycles. The third-order valence-electron chi connectivity index (χ3n) is 2.70. The topological polar surface area (TPSA) is 125 Å². The molecule has 22 heavy (non-hydrogen) atoms. The smallest absolute Gasteiger partial charge is 0.290 e. The molecule has 1 aromatic heterocycles. The van der Waals surface area contributed by atoms with E-state index in [9.17, 15) is 22.7 Å². The minimum Gasteiger partial charge on any atom is -0.326 e. The van der Waals surface area contributed by atoms with Crippen LogP contribution in [0, 0.1) is 10.1 Å². The van der Waals surface area contributed by atoms with Crippen molar-refractivity contribution in [1.82, 2.24) is 9.55 Å². The van der Waals surface area contributed by atoms with Crippen molar-refractivity contribution >= 4 is 25.4 Å². The van der Waals surface area contributed by atoms with Gasteiger partial charge in [-0.15, -0.1) is 0 Å². The molecule has 11 heteroatoms. The van der Waals surface area contributed by atoms with Crippen LogP contribution in [0.5, 0.6) is 0 Å². The van der Waals surface area contributed by atoms with E-state index in [-0.39, 0.29) is 15.7 Å². The summed E-state index contributed by atoms with van der Waals surface area (Å²) in [5, 5.41) is 10.6. The fraction of sp³-hybridized carbons (Fsp3) is 0.182. The van der Waals surface area contributed by atoms with E-state index >= 15 is 0 Å². The van der Waals surface area contributed by atoms with E-state index in [0.29, 0.717) is 0 Å². The summed E-state index contributed by atoms with van der Waals surface area (Å²) in [6.45, 7) is 0. The third kappa shape index (κ3) is 3.14. The summed E-state index contributed by atoms with van der Waals surface area (Å²) in [7, 11) is -5.94. The normalized spacial score (nSPS) is 14.3. The molecular weight excluding hydrogens is 332 g/mol. The van der Waals surface area contributed by atoms with Gasteiger partial charge in [-0.2, -0.15) is 8.42 Å². The fourth-order valence-electron chi connectivity index (χ4n) is 1.72. The Labute approximate surface area is 127 Å². The van der Waals surface area contributed by atoms with Crippen LogP contribution in [0.1, 0.15) is 0 Å². The Hall–Kier alpha value is -2.27. The number of sulfonamides is 1. The molecule has 0 aliphatic heterocycles. The molecule has 2 rings (SSSR count). The van der Waals surface area contributed by atoms with Gasteiger partial charge in [0.15, 0.2) is 0 Å². The van der Waals surface area contributed by atoms with Crippen molar-refractivity contribution in [3.05, 3.63) is 46.8 Å². The van der Waals surface area contributed by atoms with Crippen molar-refractivity contribution in [2.45, 2.75) is 10.1 Å². The highest BCUT2D eigenvalue weighted by Crippen LogP contribution is 2.20. The molecule has 1 unspecified atom stereocenters. The summed E-state index contributed by atoms with van der Waals surface area (Å²) in [6.07, 6.45) is 4.07. The van der Waals surface area contributed by atoms with Crippen LogP contribution in [0.25, 0.3) is 0 Å². The molecule has 1 heterocycles. The molecule has 0 radical (unpaired) electrons. The van der Waals surface area contributed by atoms with Crippen LogP contribution in [0.3, 0.4) is 0 Å². The summed E-state index contributed by atoms with van der Waals surface area (Å²) >= 11 is 0. The van der Waals surface area contributed by atoms with E-state index in [1.54, 1.807) is 7.05 Å². The lowest BCUT2D eigenvalue weighted by Gasteiger charge is -2.05. The summed E-state index contributed by atoms with van der Waals surface area (Å²) in [5.74, 6) is 0. The van der Waals surface area contributed by atoms with Gasteiger partial charge in [0.1, 0.15) is 9.73 Å². The Morgan fingerprint density at radius 1 is 1.23 bits per heavy atom. The molecule has 2 aromatic rings. The maximum absolute atomic E-state index is 12.5. The molecule has 0 spiro atoms. The van der Waals surface area contributed by atoms with E-state index in [2.05, 4.69) is 8.75 Å². The van der Waals surface area contributed by atoms with Gasteiger partial charge in [0.05, 0.1) is 9.82 Å². The first-order valence-corrected chi connectivity index (χ1v) is 9.20. The van der Waals surface area contributed by atoms with Gasteiger partial charge in [0, 0.05) is 37.8 Å². The monoisotopic (exact) mass is 344 g/mol. The highest BCUT2D eigenvalue weighted by molar-refractivity contribution is 8.02. The second kappa shape index (κ2) is 5.50. The molecule has 0 fully saturated rings. The number of hydrogen-bond donors (Lipinski definition) is 0. The quantitative estimate of drug-likeness (QED) is 0.605. The third-order valence-corrected chi connectivity index (χ3v) is 6.56. The molecule has 118 valence electrons. The zero-order chi connectivity index (χ0) is 16.5. The van der Waals surface area contributed by atoms with Crippen LogP contribution in [0.2, 0.25) is 0 Å². The molecule has 1 aromatic carbocycles. The van der Waals surface area contributed by atoms with Crippen molar-refractivity contribution in [3.63, 3.8) is 0 Å². The largest absolute Gasteiger partial charge is 0.326 e. The first-order valence-electron chi connectivity index (χ1n) is 5.84. The number of nitro groups is 1. The lowest BCUT2D eigenvalue weighted by atomic mass is 10.3. The maximum Gasteiger partial charge on any atom is 0.290 e. The molecular formula is C11H12N4O5S2. The summed E-state index contributed by atoms with van der Waals surface area (Å²) in [6, 6.07) is 4.18. The number of aryl methyl sites for hydroxylation is 1. The molecule has 0 saturated carbocycles. The predicted octanol–water partition coefficient (Wildman–Crippen LogP) is 1.17. The van der Waals surface area contributed by atoms with Gasteiger partial charge in [0.25, 0.3) is 15.7 Å². The molecule has 0 amide bonds. The van der Waals surface area contributed by atoms with Crippen molar-refractivity contribution in [3.8, 4) is 0 Å². The number of imidazole rings is 1. The highest BCUT2D eigenvalue weighted by atomic mass is 32.3. The van der Waals surface area contributed by atoms with Crippen LogP contribution in [0.15, 0.2) is 50.5 Å². The number of hydrogen-bond acceptors (Lipinski definition) is 6. The van der Waals surface area contributed by atoms with Gasteiger partial charge >= 0.3 is 0 Å². The van der Waals surface area contributed by atoms with Crippen molar-refractivity contribution in [2.75, 3.05) is 6.26 Å². The van der Waals surface area contributed by atoms with E-state index in [1.165, 1.54) is 17.0 Å². The number of nitro benzene ring substituents is 1. The minimum absolute atomic E-state index is 0.0259. The Morgan fingerprint density at radius 3 is 2.27 bits per heavy atom. The van der Waals surface area contributed by atoms with E-state index in [4.69, 9.17) is 0 Å². The van der Waals surface area contributed by atoms with Gasteiger partial charge in [-0.05, 0) is 12.1 Å². The SMILES string of the molecule is Cn1ccnc1S(C)(=O)=NS(=O)(=O)c1ccc([N+](=O)[O-])cc1. The van der Waals surface area contributed by atoms with Crippen LogP contribution in [-0.2, 0) is 26.8 Å². The van der Waals surface area contributed by atoms with Gasteiger partial charge in [-0.25, -0.2) is 9.19 Å². The molecule has 9 nitrogen and oxygen atoms in total. The number of aromatic nitrogens is 2. The van der Waals surface area contributed by atoms with Crippen LogP contribution in [0.4, 0.5) is 5.69 Å². The second-order valence-corrected chi connectivity index (χ2v) is 8.41. The number of rotatable bonds is 4. The average molecular weight is 344 g/mol. The second-order valence-electron chi connectivity index (χ2n) is 4.42. The minimum atomic E-state index is -4.23. The van der Waals surface area contributed by atoms with Crippen molar-refractivity contribution in [1.29, 1.82) is 0 Å². The number of nitrogens with zero attached hydrogens (tertiary/aromatic N) is 4. The number of benzene rings is 1. The lowest BCUT2D eigenvalue weighted by Crippen LogP contribution is -2.09. The van der Waals surface area contributed by atoms with Gasteiger partial charge in [-0.1, -0.05) is 3.77 Å². The number of non-ortho nitro benzene ring substituents is 1. The Balaban J connectivity index is 2.51. The van der Waals surface area contributed by atoms with Crippen molar-refractivity contribution < 1.29 is 17.6 Å². The molecule has 0 N–H and O–H groups in total. The molecule has 1 atom stereocenters. The summed E-state index contributed by atoms with van der Waals surface area (Å²) in [5.41, 5.74) is -0.250. The zero-order valence-corrected chi connectivity index (χ0v) is 13.2. The molecule has 0 aliphatic rings. The van der Waals surface area contributed by atoms with Gasteiger partial charge in [0.2, 0.25) is 5.16 Å². The first-order chi connectivity index (χ1) is 10.1. The lowest BCUT2D eigenvalue weighted by molar-refractivity contribution is -0.384. The van der Waals surface area contributed by atoms with Gasteiger partial charge in [-0.3, -0.25) is 10.1 Å².